The fourth-order valence-electron chi connectivity index (χ4n) is 3.55. The summed E-state index contributed by atoms with van der Waals surface area (Å²) in [5.41, 5.74) is 0.464. The summed E-state index contributed by atoms with van der Waals surface area (Å²) in [4.78, 5) is 41.4. The third-order valence-electron chi connectivity index (χ3n) is 5.39. The summed E-state index contributed by atoms with van der Waals surface area (Å²) in [6.07, 6.45) is 5.87. The lowest BCUT2D eigenvalue weighted by Crippen LogP contribution is -2.57. The zero-order chi connectivity index (χ0) is 24.8. The molecular formula is C25H47N3O4. The Labute approximate surface area is 195 Å². The molecule has 0 saturated carbocycles. The van der Waals surface area contributed by atoms with Crippen molar-refractivity contribution in [1.29, 1.82) is 0 Å². The topological polar surface area (TPSA) is 79.0 Å². The standard InChI is InChI=1S/C22H39N3O4.C3H8/c1-8-29-22(28)17(6)12-14-24(7)21(27)19(15(2)3)23-20(26)18-11-9-10-13-25(18)16(4)5;1-3-2/h12,15-16,18-19H,8-11,13-14H2,1-7H3,(H,23,26);3H2,1-2H3/b17-12+;. The second-order valence-corrected chi connectivity index (χ2v) is 9.11. The number of carbonyl (C=O) groups is 3. The van der Waals surface area contributed by atoms with Crippen LogP contribution in [-0.4, -0.2) is 72.5 Å². The number of likely N-dealkylation sites (N-methyl/N-ethyl adjacent to an activating group) is 1. The maximum Gasteiger partial charge on any atom is 0.333 e. The number of rotatable bonds is 9. The molecule has 32 heavy (non-hydrogen) atoms. The van der Waals surface area contributed by atoms with Gasteiger partial charge in [-0.1, -0.05) is 46.6 Å². The Morgan fingerprint density at radius 3 is 2.22 bits per heavy atom. The highest BCUT2D eigenvalue weighted by Gasteiger charge is 2.34. The van der Waals surface area contributed by atoms with Gasteiger partial charge in [-0.05, 0) is 53.0 Å². The van der Waals surface area contributed by atoms with Crippen LogP contribution in [-0.2, 0) is 19.1 Å². The first kappa shape index (κ1) is 30.1. The summed E-state index contributed by atoms with van der Waals surface area (Å²) in [6.45, 7) is 17.2. The number of nitrogens with one attached hydrogen (secondary N) is 1. The third kappa shape index (κ3) is 10.2. The Balaban J connectivity index is 0.00000302. The first-order valence-corrected chi connectivity index (χ1v) is 12.2. The average Bonchev–Trinajstić information content (AvgIpc) is 2.75. The van der Waals surface area contributed by atoms with Crippen molar-refractivity contribution in [2.24, 2.45) is 5.92 Å². The van der Waals surface area contributed by atoms with Crippen LogP contribution in [0.25, 0.3) is 0 Å². The zero-order valence-electron chi connectivity index (χ0n) is 21.9. The normalized spacial score (nSPS) is 18.0. The molecule has 0 bridgehead atoms. The molecule has 0 radical (unpaired) electrons. The van der Waals surface area contributed by atoms with Crippen molar-refractivity contribution in [1.82, 2.24) is 15.1 Å². The molecule has 1 fully saturated rings. The fourth-order valence-corrected chi connectivity index (χ4v) is 3.55. The SMILES string of the molecule is CCC.CCOC(=O)/C(C)=C/CN(C)C(=O)C(NC(=O)C1CCCCN1C(C)C)C(C)C. The summed E-state index contributed by atoms with van der Waals surface area (Å²) in [5.74, 6) is -0.654. The molecule has 0 spiro atoms. The van der Waals surface area contributed by atoms with Crippen LogP contribution in [0.4, 0.5) is 0 Å². The first-order chi connectivity index (χ1) is 15.0. The van der Waals surface area contributed by atoms with Gasteiger partial charge in [-0.15, -0.1) is 0 Å². The molecule has 1 rings (SSSR count). The van der Waals surface area contributed by atoms with E-state index in [0.29, 0.717) is 12.2 Å². The number of hydrogen-bond donors (Lipinski definition) is 1. The maximum atomic E-state index is 13.0. The van der Waals surface area contributed by atoms with Gasteiger partial charge in [-0.3, -0.25) is 14.5 Å². The Hall–Kier alpha value is -1.89. The molecule has 186 valence electrons. The van der Waals surface area contributed by atoms with Crippen molar-refractivity contribution in [3.8, 4) is 0 Å². The van der Waals surface area contributed by atoms with E-state index in [-0.39, 0.29) is 42.3 Å². The van der Waals surface area contributed by atoms with E-state index in [4.69, 9.17) is 4.74 Å². The summed E-state index contributed by atoms with van der Waals surface area (Å²) < 4.78 is 4.96. The monoisotopic (exact) mass is 453 g/mol. The van der Waals surface area contributed by atoms with E-state index in [1.807, 2.05) is 13.8 Å². The fraction of sp³-hybridized carbons (Fsp3) is 0.800. The van der Waals surface area contributed by atoms with Crippen LogP contribution in [0, 0.1) is 5.92 Å². The van der Waals surface area contributed by atoms with Gasteiger partial charge in [-0.2, -0.15) is 0 Å². The van der Waals surface area contributed by atoms with Crippen LogP contribution in [0.1, 0.15) is 81.1 Å². The Kier molecular flexibility index (Phi) is 14.9. The summed E-state index contributed by atoms with van der Waals surface area (Å²) >= 11 is 0. The molecular weight excluding hydrogens is 406 g/mol. The van der Waals surface area contributed by atoms with Crippen LogP contribution >= 0.6 is 0 Å². The van der Waals surface area contributed by atoms with E-state index < -0.39 is 6.04 Å². The van der Waals surface area contributed by atoms with Crippen molar-refractivity contribution < 1.29 is 19.1 Å². The molecule has 0 aromatic carbocycles. The lowest BCUT2D eigenvalue weighted by Gasteiger charge is -2.38. The Bertz CT molecular complexity index is 616. The average molecular weight is 454 g/mol. The van der Waals surface area contributed by atoms with Crippen LogP contribution < -0.4 is 5.32 Å². The first-order valence-electron chi connectivity index (χ1n) is 12.2. The molecule has 2 unspecified atom stereocenters. The van der Waals surface area contributed by atoms with E-state index in [1.54, 1.807) is 27.0 Å². The largest absolute Gasteiger partial charge is 0.463 e. The Morgan fingerprint density at radius 2 is 1.72 bits per heavy atom. The highest BCUT2D eigenvalue weighted by Crippen LogP contribution is 2.20. The van der Waals surface area contributed by atoms with Gasteiger partial charge in [0.25, 0.3) is 0 Å². The highest BCUT2D eigenvalue weighted by molar-refractivity contribution is 5.90. The number of piperidine rings is 1. The van der Waals surface area contributed by atoms with E-state index in [2.05, 4.69) is 37.9 Å². The highest BCUT2D eigenvalue weighted by atomic mass is 16.5. The van der Waals surface area contributed by atoms with Crippen molar-refractivity contribution in [2.45, 2.75) is 99.2 Å². The molecule has 1 heterocycles. The third-order valence-corrected chi connectivity index (χ3v) is 5.39. The molecule has 1 saturated heterocycles. The summed E-state index contributed by atoms with van der Waals surface area (Å²) in [6, 6.07) is -0.494. The van der Waals surface area contributed by atoms with E-state index in [9.17, 15) is 14.4 Å². The van der Waals surface area contributed by atoms with E-state index in [1.165, 1.54) is 11.3 Å². The molecule has 1 aliphatic heterocycles. The van der Waals surface area contributed by atoms with Gasteiger partial charge in [0.15, 0.2) is 0 Å². The molecule has 7 heteroatoms. The second kappa shape index (κ2) is 15.8. The van der Waals surface area contributed by atoms with Crippen LogP contribution in [0.5, 0.6) is 0 Å². The van der Waals surface area contributed by atoms with E-state index >= 15 is 0 Å². The summed E-state index contributed by atoms with van der Waals surface area (Å²) in [5, 5.41) is 3.00. The molecule has 2 atom stereocenters. The van der Waals surface area contributed by atoms with Crippen molar-refractivity contribution in [2.75, 3.05) is 26.7 Å². The molecule has 0 aromatic heterocycles. The van der Waals surface area contributed by atoms with E-state index in [0.717, 1.165) is 25.8 Å². The van der Waals surface area contributed by atoms with Crippen molar-refractivity contribution in [3.63, 3.8) is 0 Å². The van der Waals surface area contributed by atoms with Crippen molar-refractivity contribution >= 4 is 17.8 Å². The number of nitrogens with zero attached hydrogens (tertiary/aromatic N) is 2. The van der Waals surface area contributed by atoms with Crippen LogP contribution in [0.3, 0.4) is 0 Å². The predicted molar refractivity (Wildman–Crippen MR) is 130 cm³/mol. The lowest BCUT2D eigenvalue weighted by molar-refractivity contribution is -0.139. The van der Waals surface area contributed by atoms with Crippen LogP contribution in [0.15, 0.2) is 11.6 Å². The predicted octanol–water partition coefficient (Wildman–Crippen LogP) is 3.77. The minimum absolute atomic E-state index is 0.0416. The quantitative estimate of drug-likeness (QED) is 0.425. The number of likely N-dealkylation sites (tertiary alicyclic amines) is 1. The van der Waals surface area contributed by atoms with Gasteiger partial charge >= 0.3 is 5.97 Å². The minimum Gasteiger partial charge on any atom is -0.463 e. The maximum absolute atomic E-state index is 13.0. The van der Waals surface area contributed by atoms with Gasteiger partial charge in [0.05, 0.1) is 12.6 Å². The van der Waals surface area contributed by atoms with Gasteiger partial charge in [0, 0.05) is 25.2 Å². The van der Waals surface area contributed by atoms with Crippen molar-refractivity contribution in [3.05, 3.63) is 11.6 Å². The molecule has 0 aliphatic carbocycles. The minimum atomic E-state index is -0.597. The number of carbonyl (C=O) groups excluding carboxylic acids is 3. The lowest BCUT2D eigenvalue weighted by atomic mass is 9.97. The molecule has 2 amide bonds. The zero-order valence-corrected chi connectivity index (χ0v) is 21.9. The molecule has 1 N–H and O–H groups in total. The molecule has 7 nitrogen and oxygen atoms in total. The number of amides is 2. The smallest absolute Gasteiger partial charge is 0.333 e. The Morgan fingerprint density at radius 1 is 1.12 bits per heavy atom. The van der Waals surface area contributed by atoms with Gasteiger partial charge < -0.3 is 15.0 Å². The second-order valence-electron chi connectivity index (χ2n) is 9.11. The van der Waals surface area contributed by atoms with Gasteiger partial charge in [-0.25, -0.2) is 4.79 Å². The van der Waals surface area contributed by atoms with Gasteiger partial charge in [0.2, 0.25) is 11.8 Å². The van der Waals surface area contributed by atoms with Crippen LogP contribution in [0.2, 0.25) is 0 Å². The number of esters is 1. The molecule has 1 aliphatic rings. The van der Waals surface area contributed by atoms with Gasteiger partial charge in [0.1, 0.15) is 6.04 Å². The molecule has 0 aromatic rings. The number of hydrogen-bond acceptors (Lipinski definition) is 5. The number of ether oxygens (including phenoxy) is 1. The summed E-state index contributed by atoms with van der Waals surface area (Å²) in [7, 11) is 1.68.